The molecule has 0 aliphatic heterocycles. The molecule has 0 saturated heterocycles. The average molecular weight is 423 g/mol. The lowest BCUT2D eigenvalue weighted by Crippen LogP contribution is -2.22. The van der Waals surface area contributed by atoms with E-state index in [2.05, 4.69) is 5.32 Å². The summed E-state index contributed by atoms with van der Waals surface area (Å²) in [7, 11) is -0.664. The van der Waals surface area contributed by atoms with E-state index in [9.17, 15) is 18.0 Å². The predicted molar refractivity (Wildman–Crippen MR) is 108 cm³/mol. The number of fused-ring (bicyclic) bond motifs is 1. The first-order chi connectivity index (χ1) is 13.3. The molecule has 1 aliphatic rings. The molecular weight excluding hydrogens is 400 g/mol. The minimum absolute atomic E-state index is 0.108. The molecule has 1 N–H and O–H groups in total. The molecule has 1 amide bonds. The van der Waals surface area contributed by atoms with Gasteiger partial charge in [0.2, 0.25) is 10.0 Å². The van der Waals surface area contributed by atoms with Crippen LogP contribution in [0.5, 0.6) is 0 Å². The summed E-state index contributed by atoms with van der Waals surface area (Å²) in [5.74, 6) is -0.830. The second kappa shape index (κ2) is 8.02. The summed E-state index contributed by atoms with van der Waals surface area (Å²) in [6, 6.07) is 5.70. The van der Waals surface area contributed by atoms with Crippen LogP contribution in [0.25, 0.3) is 0 Å². The van der Waals surface area contributed by atoms with Gasteiger partial charge >= 0.3 is 5.97 Å². The van der Waals surface area contributed by atoms with Crippen molar-refractivity contribution in [2.75, 3.05) is 26.0 Å². The molecule has 0 spiro atoms. The van der Waals surface area contributed by atoms with Crippen molar-refractivity contribution in [3.8, 4) is 0 Å². The number of benzene rings is 1. The van der Waals surface area contributed by atoms with Crippen molar-refractivity contribution in [3.63, 3.8) is 0 Å². The molecule has 1 aliphatic carbocycles. The van der Waals surface area contributed by atoms with E-state index >= 15 is 0 Å². The third-order valence-electron chi connectivity index (χ3n) is 4.52. The molecule has 0 fully saturated rings. The fourth-order valence-electron chi connectivity index (χ4n) is 3.08. The minimum Gasteiger partial charge on any atom is -0.462 e. The number of anilines is 1. The fourth-order valence-corrected chi connectivity index (χ4v) is 5.25. The van der Waals surface area contributed by atoms with Crippen LogP contribution < -0.4 is 5.32 Å². The molecule has 0 unspecified atom stereocenters. The average Bonchev–Trinajstić information content (AvgIpc) is 3.22. The van der Waals surface area contributed by atoms with Crippen LogP contribution in [0.4, 0.5) is 5.00 Å². The van der Waals surface area contributed by atoms with Gasteiger partial charge in [-0.1, -0.05) is 0 Å². The number of thiophene rings is 1. The van der Waals surface area contributed by atoms with Gasteiger partial charge in [-0.3, -0.25) is 4.79 Å². The Bertz CT molecular complexity index is 1010. The summed E-state index contributed by atoms with van der Waals surface area (Å²) in [5, 5.41) is 3.28. The molecule has 3 rings (SSSR count). The fraction of sp³-hybridized carbons (Fsp3) is 0.368. The number of ether oxygens (including phenoxy) is 1. The second-order valence-electron chi connectivity index (χ2n) is 6.55. The zero-order valence-corrected chi connectivity index (χ0v) is 17.6. The Kier molecular flexibility index (Phi) is 5.87. The largest absolute Gasteiger partial charge is 0.462 e. The highest BCUT2D eigenvalue weighted by molar-refractivity contribution is 7.89. The van der Waals surface area contributed by atoms with Gasteiger partial charge in [0.15, 0.2) is 0 Å². The van der Waals surface area contributed by atoms with Gasteiger partial charge in [0, 0.05) is 24.5 Å². The summed E-state index contributed by atoms with van der Waals surface area (Å²) in [6.07, 6.45) is 2.68. The number of hydrogen-bond acceptors (Lipinski definition) is 6. The van der Waals surface area contributed by atoms with E-state index in [1.807, 2.05) is 0 Å². The second-order valence-corrected chi connectivity index (χ2v) is 9.80. The van der Waals surface area contributed by atoms with E-state index in [0.29, 0.717) is 16.1 Å². The standard InChI is InChI=1S/C19H22N2O5S2/c1-4-26-19(23)16-14-6-5-7-15(14)27-18(16)20-17(22)12-8-10-13(11-9-12)28(24,25)21(2)3/h8-11H,4-7H2,1-3H3,(H,20,22). The zero-order chi connectivity index (χ0) is 20.5. The van der Waals surface area contributed by atoms with E-state index in [1.54, 1.807) is 6.92 Å². The van der Waals surface area contributed by atoms with Crippen molar-refractivity contribution in [1.82, 2.24) is 4.31 Å². The molecular formula is C19H22N2O5S2. The van der Waals surface area contributed by atoms with Crippen molar-refractivity contribution in [1.29, 1.82) is 0 Å². The summed E-state index contributed by atoms with van der Waals surface area (Å²) >= 11 is 1.40. The number of esters is 1. The first kappa shape index (κ1) is 20.5. The number of amides is 1. The van der Waals surface area contributed by atoms with Gasteiger partial charge < -0.3 is 10.1 Å². The number of sulfonamides is 1. The van der Waals surface area contributed by atoms with Crippen LogP contribution in [-0.2, 0) is 27.6 Å². The zero-order valence-electron chi connectivity index (χ0n) is 15.9. The number of hydrogen-bond donors (Lipinski definition) is 1. The Balaban J connectivity index is 1.85. The molecule has 0 bridgehead atoms. The van der Waals surface area contributed by atoms with Crippen LogP contribution in [0.1, 0.15) is 44.5 Å². The van der Waals surface area contributed by atoms with Crippen molar-refractivity contribution in [2.45, 2.75) is 31.1 Å². The van der Waals surface area contributed by atoms with Crippen LogP contribution in [0.3, 0.4) is 0 Å². The van der Waals surface area contributed by atoms with E-state index in [0.717, 1.165) is 34.0 Å². The smallest absolute Gasteiger partial charge is 0.341 e. The highest BCUT2D eigenvalue weighted by atomic mass is 32.2. The third-order valence-corrected chi connectivity index (χ3v) is 7.56. The van der Waals surface area contributed by atoms with Crippen molar-refractivity contribution < 1.29 is 22.7 Å². The summed E-state index contributed by atoms with van der Waals surface area (Å²) < 4.78 is 30.6. The van der Waals surface area contributed by atoms with Crippen molar-refractivity contribution in [3.05, 3.63) is 45.8 Å². The molecule has 1 aromatic heterocycles. The lowest BCUT2D eigenvalue weighted by molar-refractivity contribution is 0.0527. The summed E-state index contributed by atoms with van der Waals surface area (Å²) in [6.45, 7) is 2.00. The van der Waals surface area contributed by atoms with E-state index in [1.165, 1.54) is 49.7 Å². The van der Waals surface area contributed by atoms with Crippen LogP contribution in [0, 0.1) is 0 Å². The van der Waals surface area contributed by atoms with Gasteiger partial charge in [0.05, 0.1) is 17.1 Å². The number of aryl methyl sites for hydroxylation is 1. The normalized spacial score (nSPS) is 13.4. The maximum Gasteiger partial charge on any atom is 0.341 e. The molecule has 28 heavy (non-hydrogen) atoms. The number of rotatable bonds is 6. The predicted octanol–water partition coefficient (Wildman–Crippen LogP) is 2.92. The van der Waals surface area contributed by atoms with Gasteiger partial charge in [0.1, 0.15) is 5.00 Å². The Morgan fingerprint density at radius 3 is 2.46 bits per heavy atom. The molecule has 150 valence electrons. The van der Waals surface area contributed by atoms with E-state index in [4.69, 9.17) is 4.74 Å². The van der Waals surface area contributed by atoms with Gasteiger partial charge in [-0.2, -0.15) is 0 Å². The van der Waals surface area contributed by atoms with Crippen LogP contribution >= 0.6 is 11.3 Å². The Hall–Kier alpha value is -2.23. The quantitative estimate of drug-likeness (QED) is 0.723. The van der Waals surface area contributed by atoms with Gasteiger partial charge in [0.25, 0.3) is 5.91 Å². The minimum atomic E-state index is -3.56. The lowest BCUT2D eigenvalue weighted by Gasteiger charge is -2.12. The molecule has 2 aromatic rings. The Morgan fingerprint density at radius 1 is 1.18 bits per heavy atom. The molecule has 1 heterocycles. The molecule has 0 radical (unpaired) electrons. The monoisotopic (exact) mass is 422 g/mol. The maximum atomic E-state index is 12.7. The maximum absolute atomic E-state index is 12.7. The lowest BCUT2D eigenvalue weighted by atomic mass is 10.1. The van der Waals surface area contributed by atoms with Crippen LogP contribution in [0.15, 0.2) is 29.2 Å². The first-order valence-corrected chi connectivity index (χ1v) is 11.2. The highest BCUT2D eigenvalue weighted by Crippen LogP contribution is 2.39. The molecule has 9 heteroatoms. The van der Waals surface area contributed by atoms with Gasteiger partial charge in [-0.05, 0) is 56.0 Å². The van der Waals surface area contributed by atoms with Crippen LogP contribution in [0.2, 0.25) is 0 Å². The molecule has 0 saturated carbocycles. The van der Waals surface area contributed by atoms with E-state index < -0.39 is 21.9 Å². The SMILES string of the molecule is CCOC(=O)c1c(NC(=O)c2ccc(S(=O)(=O)N(C)C)cc2)sc2c1CCC2. The Labute approximate surface area is 168 Å². The highest BCUT2D eigenvalue weighted by Gasteiger charge is 2.28. The summed E-state index contributed by atoms with van der Waals surface area (Å²) in [4.78, 5) is 26.2. The topological polar surface area (TPSA) is 92.8 Å². The number of nitrogens with one attached hydrogen (secondary N) is 1. The first-order valence-electron chi connectivity index (χ1n) is 8.91. The molecule has 1 aromatic carbocycles. The molecule has 7 nitrogen and oxygen atoms in total. The summed E-state index contributed by atoms with van der Waals surface area (Å²) in [5.41, 5.74) is 1.71. The van der Waals surface area contributed by atoms with E-state index in [-0.39, 0.29) is 11.5 Å². The van der Waals surface area contributed by atoms with Crippen molar-refractivity contribution >= 4 is 38.2 Å². The van der Waals surface area contributed by atoms with Gasteiger partial charge in [-0.25, -0.2) is 17.5 Å². The van der Waals surface area contributed by atoms with Gasteiger partial charge in [-0.15, -0.1) is 11.3 Å². The number of nitrogens with zero attached hydrogens (tertiary/aromatic N) is 1. The third kappa shape index (κ3) is 3.82. The Morgan fingerprint density at radius 2 is 1.86 bits per heavy atom. The molecule has 0 atom stereocenters. The number of carbonyl (C=O) groups is 2. The number of carbonyl (C=O) groups excluding carboxylic acids is 2. The van der Waals surface area contributed by atoms with Crippen LogP contribution in [-0.4, -0.2) is 45.3 Å². The van der Waals surface area contributed by atoms with Crippen molar-refractivity contribution in [2.24, 2.45) is 0 Å².